The van der Waals surface area contributed by atoms with Gasteiger partial charge in [-0.2, -0.15) is 0 Å². The van der Waals surface area contributed by atoms with E-state index in [9.17, 15) is 14.8 Å². The van der Waals surface area contributed by atoms with Crippen LogP contribution in [-0.4, -0.2) is 30.2 Å². The van der Waals surface area contributed by atoms with Crippen LogP contribution in [0.25, 0.3) is 11.0 Å². The number of ether oxygens (including phenoxy) is 1. The first-order valence-electron chi connectivity index (χ1n) is 7.50. The Kier molecular flexibility index (Phi) is 4.60. The van der Waals surface area contributed by atoms with Crippen LogP contribution in [0, 0.1) is 5.21 Å². The Morgan fingerprint density at radius 1 is 1.28 bits per heavy atom. The molecular formula is C17H15N3O5. The third-order valence-corrected chi connectivity index (χ3v) is 3.72. The molecule has 0 saturated carbocycles. The fraction of sp³-hybridized carbons (Fsp3) is 0.176. The number of amides is 1. The molecule has 0 aliphatic rings. The van der Waals surface area contributed by atoms with E-state index in [-0.39, 0.29) is 22.4 Å². The highest BCUT2D eigenvalue weighted by Gasteiger charge is 2.23. The zero-order valence-electron chi connectivity index (χ0n) is 13.3. The molecule has 1 N–H and O–H groups in total. The number of benzene rings is 2. The summed E-state index contributed by atoms with van der Waals surface area (Å²) in [7, 11) is 1.26. The third-order valence-electron chi connectivity index (χ3n) is 3.72. The number of hydrogen-bond acceptors (Lipinski definition) is 6. The number of aromatic nitrogens is 2. The Morgan fingerprint density at radius 3 is 2.76 bits per heavy atom. The second kappa shape index (κ2) is 7.00. The number of nitrogens with zero attached hydrogens (tertiary/aromatic N) is 2. The molecule has 8 nitrogen and oxygen atoms in total. The van der Waals surface area contributed by atoms with Crippen molar-refractivity contribution in [1.82, 2.24) is 10.5 Å². The van der Waals surface area contributed by atoms with Crippen LogP contribution in [0.3, 0.4) is 0 Å². The summed E-state index contributed by atoms with van der Waals surface area (Å²) in [4.78, 5) is 24.7. The summed E-state index contributed by atoms with van der Waals surface area (Å²) >= 11 is 0. The second-order valence-electron chi connectivity index (χ2n) is 5.37. The van der Waals surface area contributed by atoms with Gasteiger partial charge in [0.15, 0.2) is 0 Å². The van der Waals surface area contributed by atoms with E-state index in [1.807, 2.05) is 30.3 Å². The van der Waals surface area contributed by atoms with Crippen molar-refractivity contribution in [2.45, 2.75) is 12.5 Å². The topological polar surface area (TPSA) is 108 Å². The molecule has 1 atom stereocenters. The van der Waals surface area contributed by atoms with Gasteiger partial charge in [-0.1, -0.05) is 30.3 Å². The average molecular weight is 341 g/mol. The summed E-state index contributed by atoms with van der Waals surface area (Å²) < 4.78 is 9.24. The van der Waals surface area contributed by atoms with Gasteiger partial charge in [-0.05, 0) is 22.6 Å². The molecule has 0 aliphatic heterocycles. The minimum absolute atomic E-state index is 0.130. The summed E-state index contributed by atoms with van der Waals surface area (Å²) in [6.07, 6.45) is 0.288. The van der Waals surface area contributed by atoms with Gasteiger partial charge in [0.05, 0.1) is 7.11 Å². The van der Waals surface area contributed by atoms with Crippen LogP contribution in [0.1, 0.15) is 15.9 Å². The highest BCUT2D eigenvalue weighted by molar-refractivity contribution is 5.98. The van der Waals surface area contributed by atoms with Gasteiger partial charge in [0, 0.05) is 23.2 Å². The van der Waals surface area contributed by atoms with Gasteiger partial charge < -0.3 is 15.3 Å². The number of nitrogens with one attached hydrogen (secondary N) is 1. The number of carbonyl (C=O) groups is 2. The van der Waals surface area contributed by atoms with Gasteiger partial charge in [-0.25, -0.2) is 4.79 Å². The Morgan fingerprint density at radius 2 is 2.04 bits per heavy atom. The molecule has 0 saturated heterocycles. The lowest BCUT2D eigenvalue weighted by Gasteiger charge is -2.16. The van der Waals surface area contributed by atoms with Gasteiger partial charge in [-0.3, -0.25) is 9.42 Å². The molecule has 1 unspecified atom stereocenters. The van der Waals surface area contributed by atoms with Gasteiger partial charge in [-0.15, -0.1) is 0 Å². The van der Waals surface area contributed by atoms with Crippen LogP contribution >= 0.6 is 0 Å². The molecule has 1 heterocycles. The molecule has 1 aromatic heterocycles. The molecule has 3 rings (SSSR count). The molecule has 0 fully saturated rings. The zero-order valence-corrected chi connectivity index (χ0v) is 13.3. The summed E-state index contributed by atoms with van der Waals surface area (Å²) in [5.74, 6) is -1.06. The highest BCUT2D eigenvalue weighted by Crippen LogP contribution is 2.11. The van der Waals surface area contributed by atoms with Gasteiger partial charge in [0.2, 0.25) is 11.0 Å². The molecule has 3 aromatic rings. The normalized spacial score (nSPS) is 11.9. The fourth-order valence-electron chi connectivity index (χ4n) is 2.44. The number of hydrogen-bond donors (Lipinski definition) is 1. The number of esters is 1. The number of rotatable bonds is 5. The van der Waals surface area contributed by atoms with Crippen molar-refractivity contribution in [3.05, 3.63) is 64.9 Å². The monoisotopic (exact) mass is 341 g/mol. The number of fused-ring (bicyclic) bond motifs is 1. The maximum absolute atomic E-state index is 12.5. The third kappa shape index (κ3) is 3.57. The van der Waals surface area contributed by atoms with E-state index in [0.717, 1.165) is 5.56 Å². The van der Waals surface area contributed by atoms with E-state index < -0.39 is 17.9 Å². The standard InChI is InChI=1S/C17H15N3O5/c1-24-17(22)14(9-11-5-3-2-4-6-11)18-16(21)12-7-8-13-15(10-12)20(23)25-19-13/h2-8,10,14H,9H2,1H3,(H,18,21). The van der Waals surface area contributed by atoms with Crippen LogP contribution < -0.4 is 10.2 Å². The molecule has 0 aliphatic carbocycles. The van der Waals surface area contributed by atoms with Crippen LogP contribution in [0.2, 0.25) is 0 Å². The summed E-state index contributed by atoms with van der Waals surface area (Å²) in [5, 5.41) is 17.6. The number of carbonyl (C=O) groups excluding carboxylic acids is 2. The molecule has 1 amide bonds. The smallest absolute Gasteiger partial charge is 0.328 e. The maximum atomic E-state index is 12.5. The molecular weight excluding hydrogens is 326 g/mol. The summed E-state index contributed by atoms with van der Waals surface area (Å²) in [6.45, 7) is 0. The van der Waals surface area contributed by atoms with E-state index in [1.54, 1.807) is 0 Å². The first-order chi connectivity index (χ1) is 12.1. The predicted molar refractivity (Wildman–Crippen MR) is 86.4 cm³/mol. The molecule has 128 valence electrons. The first kappa shape index (κ1) is 16.4. The average Bonchev–Trinajstić information content (AvgIpc) is 3.01. The number of methoxy groups -OCH3 is 1. The molecule has 8 heteroatoms. The van der Waals surface area contributed by atoms with Gasteiger partial charge in [0.1, 0.15) is 6.04 Å². The fourth-order valence-corrected chi connectivity index (χ4v) is 2.44. The molecule has 25 heavy (non-hydrogen) atoms. The van der Waals surface area contributed by atoms with Crippen molar-refractivity contribution in [2.24, 2.45) is 0 Å². The van der Waals surface area contributed by atoms with Crippen LogP contribution in [0.5, 0.6) is 0 Å². The van der Waals surface area contributed by atoms with Crippen molar-refractivity contribution < 1.29 is 23.9 Å². The Hall–Kier alpha value is -3.42. The van der Waals surface area contributed by atoms with Gasteiger partial charge >= 0.3 is 5.97 Å². The minimum atomic E-state index is -0.850. The van der Waals surface area contributed by atoms with Gasteiger partial charge in [0.25, 0.3) is 5.91 Å². The van der Waals surface area contributed by atoms with Crippen LogP contribution in [0.4, 0.5) is 0 Å². The lowest BCUT2D eigenvalue weighted by molar-refractivity contribution is -0.782. The van der Waals surface area contributed by atoms with E-state index in [1.165, 1.54) is 25.3 Å². The molecule has 0 bridgehead atoms. The van der Waals surface area contributed by atoms with Crippen molar-refractivity contribution >= 4 is 22.9 Å². The molecule has 0 spiro atoms. The largest absolute Gasteiger partial charge is 0.467 e. The first-order valence-corrected chi connectivity index (χ1v) is 7.50. The van der Waals surface area contributed by atoms with E-state index in [0.29, 0.717) is 5.52 Å². The zero-order chi connectivity index (χ0) is 17.8. The highest BCUT2D eigenvalue weighted by atomic mass is 16.8. The lowest BCUT2D eigenvalue weighted by Crippen LogP contribution is -2.43. The van der Waals surface area contributed by atoms with Crippen LogP contribution in [0.15, 0.2) is 53.2 Å². The Balaban J connectivity index is 1.81. The predicted octanol–water partition coefficient (Wildman–Crippen LogP) is 0.975. The Labute approximate surface area is 142 Å². The maximum Gasteiger partial charge on any atom is 0.328 e. The van der Waals surface area contributed by atoms with E-state index >= 15 is 0 Å². The summed E-state index contributed by atoms with van der Waals surface area (Å²) in [6, 6.07) is 12.8. The SMILES string of the molecule is COC(=O)C(Cc1ccccc1)NC(=O)c1ccc2no[n+]([O-])c2c1. The van der Waals surface area contributed by atoms with E-state index in [2.05, 4.69) is 15.1 Å². The van der Waals surface area contributed by atoms with Crippen LogP contribution in [-0.2, 0) is 16.0 Å². The lowest BCUT2D eigenvalue weighted by atomic mass is 10.1. The quantitative estimate of drug-likeness (QED) is 0.547. The van der Waals surface area contributed by atoms with Crippen molar-refractivity contribution in [2.75, 3.05) is 7.11 Å². The van der Waals surface area contributed by atoms with E-state index in [4.69, 9.17) is 4.74 Å². The Bertz CT molecular complexity index is 907. The molecule has 2 aromatic carbocycles. The molecule has 0 radical (unpaired) electrons. The second-order valence-corrected chi connectivity index (χ2v) is 5.37. The summed E-state index contributed by atoms with van der Waals surface area (Å²) in [5.41, 5.74) is 1.55. The minimum Gasteiger partial charge on any atom is -0.467 e. The van der Waals surface area contributed by atoms with Crippen molar-refractivity contribution in [1.29, 1.82) is 0 Å². The van der Waals surface area contributed by atoms with Crippen molar-refractivity contribution in [3.63, 3.8) is 0 Å². The van der Waals surface area contributed by atoms with Crippen molar-refractivity contribution in [3.8, 4) is 0 Å².